The van der Waals surface area contributed by atoms with Crippen LogP contribution in [0.25, 0.3) is 0 Å². The van der Waals surface area contributed by atoms with Crippen LogP contribution in [0.2, 0.25) is 5.02 Å². The van der Waals surface area contributed by atoms with Gasteiger partial charge in [0.25, 0.3) is 0 Å². The molecule has 2 amide bonds. The van der Waals surface area contributed by atoms with E-state index < -0.39 is 0 Å². The molecule has 26 heavy (non-hydrogen) atoms. The number of anilines is 1. The number of ether oxygens (including phenoxy) is 2. The Morgan fingerprint density at radius 1 is 1.12 bits per heavy atom. The third kappa shape index (κ3) is 4.82. The second kappa shape index (κ2) is 8.81. The number of nitrogens with one attached hydrogen (secondary N) is 2. The minimum atomic E-state index is -0.334. The van der Waals surface area contributed by atoms with Gasteiger partial charge in [-0.2, -0.15) is 0 Å². The molecule has 0 aromatic heterocycles. The Labute approximate surface area is 158 Å². The Bertz CT molecular complexity index is 780. The SMILES string of the molecule is COc1ccc(Cl)cc1NC(=O)NCCOc1ccc2c(c1)CCCC2. The van der Waals surface area contributed by atoms with E-state index in [0.29, 0.717) is 29.6 Å². The first-order valence-electron chi connectivity index (χ1n) is 8.79. The number of fused-ring (bicyclic) bond motifs is 1. The number of halogens is 1. The lowest BCUT2D eigenvalue weighted by atomic mass is 9.92. The van der Waals surface area contributed by atoms with Crippen LogP contribution in [0, 0.1) is 0 Å². The van der Waals surface area contributed by atoms with Crippen LogP contribution < -0.4 is 20.1 Å². The molecule has 2 aromatic carbocycles. The number of benzene rings is 2. The Morgan fingerprint density at radius 2 is 1.92 bits per heavy atom. The number of rotatable bonds is 6. The van der Waals surface area contributed by atoms with Crippen LogP contribution in [0.1, 0.15) is 24.0 Å². The predicted octanol–water partition coefficient (Wildman–Crippen LogP) is 4.43. The second-order valence-electron chi connectivity index (χ2n) is 6.21. The van der Waals surface area contributed by atoms with Crippen LogP contribution in [0.5, 0.6) is 11.5 Å². The second-order valence-corrected chi connectivity index (χ2v) is 6.65. The predicted molar refractivity (Wildman–Crippen MR) is 104 cm³/mol. The molecule has 0 fully saturated rings. The zero-order valence-corrected chi connectivity index (χ0v) is 15.6. The maximum absolute atomic E-state index is 12.0. The summed E-state index contributed by atoms with van der Waals surface area (Å²) in [4.78, 5) is 12.0. The van der Waals surface area contributed by atoms with E-state index >= 15 is 0 Å². The highest BCUT2D eigenvalue weighted by atomic mass is 35.5. The quantitative estimate of drug-likeness (QED) is 0.735. The lowest BCUT2D eigenvalue weighted by molar-refractivity contribution is 0.247. The molecular weight excluding hydrogens is 352 g/mol. The number of carbonyl (C=O) groups is 1. The summed E-state index contributed by atoms with van der Waals surface area (Å²) in [5.41, 5.74) is 3.33. The zero-order valence-electron chi connectivity index (χ0n) is 14.8. The van der Waals surface area contributed by atoms with Gasteiger partial charge in [0.15, 0.2) is 0 Å². The molecule has 0 spiro atoms. The van der Waals surface area contributed by atoms with Crippen molar-refractivity contribution in [3.63, 3.8) is 0 Å². The lowest BCUT2D eigenvalue weighted by Gasteiger charge is -2.17. The van der Waals surface area contributed by atoms with Crippen molar-refractivity contribution >= 4 is 23.3 Å². The van der Waals surface area contributed by atoms with Gasteiger partial charge < -0.3 is 20.1 Å². The molecule has 0 aliphatic heterocycles. The number of methoxy groups -OCH3 is 1. The van der Waals surface area contributed by atoms with E-state index in [1.807, 2.05) is 6.07 Å². The molecule has 0 atom stereocenters. The minimum absolute atomic E-state index is 0.334. The van der Waals surface area contributed by atoms with Crippen molar-refractivity contribution < 1.29 is 14.3 Å². The average Bonchev–Trinajstić information content (AvgIpc) is 2.65. The summed E-state index contributed by atoms with van der Waals surface area (Å²) in [5, 5.41) is 6.01. The van der Waals surface area contributed by atoms with Crippen molar-refractivity contribution in [2.75, 3.05) is 25.6 Å². The van der Waals surface area contributed by atoms with E-state index in [0.717, 1.165) is 18.6 Å². The van der Waals surface area contributed by atoms with Gasteiger partial charge in [0.1, 0.15) is 18.1 Å². The fraction of sp³-hybridized carbons (Fsp3) is 0.350. The highest BCUT2D eigenvalue weighted by Crippen LogP contribution is 2.27. The smallest absolute Gasteiger partial charge is 0.319 e. The summed E-state index contributed by atoms with van der Waals surface area (Å²) in [5.74, 6) is 1.40. The van der Waals surface area contributed by atoms with Gasteiger partial charge in [-0.15, -0.1) is 0 Å². The maximum atomic E-state index is 12.0. The largest absolute Gasteiger partial charge is 0.495 e. The van der Waals surface area contributed by atoms with Crippen LogP contribution in [0.3, 0.4) is 0 Å². The summed E-state index contributed by atoms with van der Waals surface area (Å²) < 4.78 is 11.0. The van der Waals surface area contributed by atoms with Gasteiger partial charge in [-0.25, -0.2) is 4.79 Å². The summed E-state index contributed by atoms with van der Waals surface area (Å²) in [6.07, 6.45) is 4.79. The van der Waals surface area contributed by atoms with E-state index in [-0.39, 0.29) is 6.03 Å². The van der Waals surface area contributed by atoms with Crippen molar-refractivity contribution in [3.8, 4) is 11.5 Å². The third-order valence-corrected chi connectivity index (χ3v) is 4.62. The van der Waals surface area contributed by atoms with Crippen LogP contribution in [0.15, 0.2) is 36.4 Å². The molecule has 3 rings (SSSR count). The average molecular weight is 375 g/mol. The van der Waals surface area contributed by atoms with Crippen molar-refractivity contribution in [1.29, 1.82) is 0 Å². The first-order valence-corrected chi connectivity index (χ1v) is 9.16. The third-order valence-electron chi connectivity index (χ3n) is 4.39. The Kier molecular flexibility index (Phi) is 6.23. The molecule has 0 saturated heterocycles. The number of hydrogen-bond acceptors (Lipinski definition) is 3. The van der Waals surface area contributed by atoms with Gasteiger partial charge in [0.2, 0.25) is 0 Å². The van der Waals surface area contributed by atoms with E-state index in [2.05, 4.69) is 22.8 Å². The number of amides is 2. The molecule has 1 aliphatic carbocycles. The fourth-order valence-electron chi connectivity index (χ4n) is 3.08. The number of urea groups is 1. The number of hydrogen-bond donors (Lipinski definition) is 2. The van der Waals surface area contributed by atoms with Gasteiger partial charge in [-0.3, -0.25) is 0 Å². The fourth-order valence-corrected chi connectivity index (χ4v) is 3.25. The standard InChI is InChI=1S/C20H23ClN2O3/c1-25-19-9-7-16(21)13-18(19)23-20(24)22-10-11-26-17-8-6-14-4-2-3-5-15(14)12-17/h6-9,12-13H,2-5,10-11H2,1H3,(H2,22,23,24). The number of aryl methyl sites for hydroxylation is 2. The lowest BCUT2D eigenvalue weighted by Crippen LogP contribution is -2.32. The monoisotopic (exact) mass is 374 g/mol. The van der Waals surface area contributed by atoms with Gasteiger partial charge in [-0.1, -0.05) is 17.7 Å². The summed E-state index contributed by atoms with van der Waals surface area (Å²) in [6, 6.07) is 11.0. The summed E-state index contributed by atoms with van der Waals surface area (Å²) in [7, 11) is 1.54. The molecule has 0 heterocycles. The summed E-state index contributed by atoms with van der Waals surface area (Å²) in [6.45, 7) is 0.796. The Balaban J connectivity index is 1.45. The molecule has 0 radical (unpaired) electrons. The highest BCUT2D eigenvalue weighted by Gasteiger charge is 2.10. The molecule has 0 bridgehead atoms. The van der Waals surface area contributed by atoms with Gasteiger partial charge in [0.05, 0.1) is 19.3 Å². The van der Waals surface area contributed by atoms with Crippen LogP contribution in [-0.2, 0) is 12.8 Å². The van der Waals surface area contributed by atoms with E-state index in [1.54, 1.807) is 25.3 Å². The van der Waals surface area contributed by atoms with E-state index in [9.17, 15) is 4.79 Å². The van der Waals surface area contributed by atoms with Crippen molar-refractivity contribution in [3.05, 3.63) is 52.5 Å². The van der Waals surface area contributed by atoms with Gasteiger partial charge in [-0.05, 0) is 67.1 Å². The van der Waals surface area contributed by atoms with Crippen LogP contribution in [-0.4, -0.2) is 26.3 Å². The first kappa shape index (κ1) is 18.4. The minimum Gasteiger partial charge on any atom is -0.495 e. The molecule has 5 nitrogen and oxygen atoms in total. The molecule has 138 valence electrons. The summed E-state index contributed by atoms with van der Waals surface area (Å²) >= 11 is 5.96. The first-order chi connectivity index (χ1) is 12.7. The molecule has 6 heteroatoms. The van der Waals surface area contributed by atoms with Crippen molar-refractivity contribution in [2.24, 2.45) is 0 Å². The molecule has 1 aliphatic rings. The van der Waals surface area contributed by atoms with E-state index in [4.69, 9.17) is 21.1 Å². The molecular formula is C20H23ClN2O3. The normalized spacial score (nSPS) is 12.8. The Morgan fingerprint density at radius 3 is 2.73 bits per heavy atom. The number of carbonyl (C=O) groups excluding carboxylic acids is 1. The molecule has 2 aromatic rings. The van der Waals surface area contributed by atoms with Crippen molar-refractivity contribution in [1.82, 2.24) is 5.32 Å². The topological polar surface area (TPSA) is 59.6 Å². The van der Waals surface area contributed by atoms with Gasteiger partial charge in [0, 0.05) is 5.02 Å². The zero-order chi connectivity index (χ0) is 18.4. The Hall–Kier alpha value is -2.40. The molecule has 0 unspecified atom stereocenters. The van der Waals surface area contributed by atoms with E-state index in [1.165, 1.54) is 24.0 Å². The highest BCUT2D eigenvalue weighted by molar-refractivity contribution is 6.31. The van der Waals surface area contributed by atoms with Crippen molar-refractivity contribution in [2.45, 2.75) is 25.7 Å². The van der Waals surface area contributed by atoms with Crippen LogP contribution in [0.4, 0.5) is 10.5 Å². The molecule has 2 N–H and O–H groups in total. The molecule has 0 saturated carbocycles. The van der Waals surface area contributed by atoms with Gasteiger partial charge >= 0.3 is 6.03 Å². The maximum Gasteiger partial charge on any atom is 0.319 e. The van der Waals surface area contributed by atoms with Crippen LogP contribution >= 0.6 is 11.6 Å².